The van der Waals surface area contributed by atoms with Crippen molar-refractivity contribution in [2.45, 2.75) is 40.2 Å². The van der Waals surface area contributed by atoms with Gasteiger partial charge in [0.25, 0.3) is 5.91 Å². The highest BCUT2D eigenvalue weighted by Gasteiger charge is 2.27. The van der Waals surface area contributed by atoms with E-state index in [9.17, 15) is 9.59 Å². The van der Waals surface area contributed by atoms with Crippen LogP contribution < -0.4 is 10.1 Å². The summed E-state index contributed by atoms with van der Waals surface area (Å²) < 4.78 is 12.9. The van der Waals surface area contributed by atoms with E-state index in [0.29, 0.717) is 34.1 Å². The number of ether oxygens (including phenoxy) is 2. The highest BCUT2D eigenvalue weighted by atomic mass is 32.1. The molecule has 1 amide bonds. The van der Waals surface area contributed by atoms with Gasteiger partial charge in [0.1, 0.15) is 11.3 Å². The lowest BCUT2D eigenvalue weighted by Gasteiger charge is -2.12. The molecule has 0 saturated carbocycles. The Labute approximate surface area is 173 Å². The lowest BCUT2D eigenvalue weighted by Crippen LogP contribution is -2.14. The van der Waals surface area contributed by atoms with Crippen molar-refractivity contribution in [2.24, 2.45) is 7.05 Å². The molecule has 0 unspecified atom stereocenters. The molecular weight excluding hydrogens is 390 g/mol. The molecule has 0 saturated heterocycles. The number of anilines is 1. The molecule has 3 aromatic rings. The molecule has 3 rings (SSSR count). The third kappa shape index (κ3) is 4.12. The number of esters is 1. The van der Waals surface area contributed by atoms with E-state index in [-0.39, 0.29) is 18.6 Å². The molecule has 1 N–H and O–H groups in total. The smallest absolute Gasteiger partial charge is 0.358 e. The van der Waals surface area contributed by atoms with Gasteiger partial charge in [0.05, 0.1) is 23.1 Å². The number of rotatable bonds is 7. The molecule has 154 valence electrons. The number of hydrogen-bond donors (Lipinski definition) is 1. The molecule has 0 aromatic carbocycles. The van der Waals surface area contributed by atoms with E-state index in [1.807, 2.05) is 38.3 Å². The molecule has 7 nitrogen and oxygen atoms in total. The minimum atomic E-state index is -0.467. The minimum absolute atomic E-state index is 0.161. The summed E-state index contributed by atoms with van der Waals surface area (Å²) >= 11 is 1.37. The molecule has 0 spiro atoms. The van der Waals surface area contributed by atoms with E-state index in [1.165, 1.54) is 11.3 Å². The highest BCUT2D eigenvalue weighted by Crippen LogP contribution is 2.35. The van der Waals surface area contributed by atoms with Gasteiger partial charge in [-0.2, -0.15) is 0 Å². The molecule has 3 aromatic heterocycles. The number of pyridine rings is 1. The number of aryl methyl sites for hydroxylation is 2. The number of nitrogens with one attached hydrogen (secondary N) is 1. The van der Waals surface area contributed by atoms with Gasteiger partial charge >= 0.3 is 5.97 Å². The Morgan fingerprint density at radius 3 is 2.66 bits per heavy atom. The monoisotopic (exact) mass is 415 g/mol. The molecule has 0 bridgehead atoms. The van der Waals surface area contributed by atoms with Crippen molar-refractivity contribution in [1.82, 2.24) is 9.55 Å². The van der Waals surface area contributed by atoms with Crippen molar-refractivity contribution in [1.29, 1.82) is 0 Å². The summed E-state index contributed by atoms with van der Waals surface area (Å²) in [5, 5.41) is 4.75. The van der Waals surface area contributed by atoms with Crippen molar-refractivity contribution >= 4 is 40.1 Å². The summed E-state index contributed by atoms with van der Waals surface area (Å²) in [6, 6.07) is 5.52. The van der Waals surface area contributed by atoms with Crippen LogP contribution in [-0.2, 0) is 18.2 Å². The Balaban J connectivity index is 2.16. The second kappa shape index (κ2) is 8.65. The van der Waals surface area contributed by atoms with Crippen molar-refractivity contribution in [3.63, 3.8) is 0 Å². The van der Waals surface area contributed by atoms with Crippen molar-refractivity contribution < 1.29 is 19.1 Å². The van der Waals surface area contributed by atoms with Gasteiger partial charge in [0.15, 0.2) is 11.4 Å². The molecule has 8 heteroatoms. The molecule has 0 atom stereocenters. The lowest BCUT2D eigenvalue weighted by molar-refractivity contribution is 0.0509. The summed E-state index contributed by atoms with van der Waals surface area (Å²) in [6.07, 6.45) is 0.508. The SMILES string of the molecule is CCOC(=O)c1c(OC(C)C)c2nc(NC(=O)c3cccs3)c(CC)cc2n1C. The van der Waals surface area contributed by atoms with Gasteiger partial charge in [-0.3, -0.25) is 4.79 Å². The number of thiophene rings is 1. The zero-order valence-corrected chi connectivity index (χ0v) is 18.1. The van der Waals surface area contributed by atoms with Gasteiger partial charge in [-0.15, -0.1) is 11.3 Å². The zero-order chi connectivity index (χ0) is 21.1. The zero-order valence-electron chi connectivity index (χ0n) is 17.2. The topological polar surface area (TPSA) is 82.5 Å². The normalized spacial score (nSPS) is 11.1. The van der Waals surface area contributed by atoms with Crippen LogP contribution in [-0.4, -0.2) is 34.1 Å². The van der Waals surface area contributed by atoms with Crippen molar-refractivity contribution in [3.8, 4) is 5.75 Å². The van der Waals surface area contributed by atoms with Gasteiger partial charge in [-0.05, 0) is 50.3 Å². The van der Waals surface area contributed by atoms with Gasteiger partial charge in [0.2, 0.25) is 0 Å². The largest absolute Gasteiger partial charge is 0.486 e. The van der Waals surface area contributed by atoms with Crippen LogP contribution in [0, 0.1) is 0 Å². The Bertz CT molecular complexity index is 1040. The quantitative estimate of drug-likeness (QED) is 0.578. The number of carbonyl (C=O) groups excluding carboxylic acids is 2. The summed E-state index contributed by atoms with van der Waals surface area (Å²) in [7, 11) is 1.78. The van der Waals surface area contributed by atoms with Crippen LogP contribution in [0.25, 0.3) is 11.0 Å². The Hall–Kier alpha value is -2.87. The average Bonchev–Trinajstić information content (AvgIpc) is 3.29. The maximum Gasteiger partial charge on any atom is 0.358 e. The Morgan fingerprint density at radius 1 is 1.31 bits per heavy atom. The molecule has 0 aliphatic carbocycles. The summed E-state index contributed by atoms with van der Waals surface area (Å²) in [5.41, 5.74) is 2.44. The molecule has 0 fully saturated rings. The fourth-order valence-corrected chi connectivity index (χ4v) is 3.70. The summed E-state index contributed by atoms with van der Waals surface area (Å²) in [4.78, 5) is 30.4. The minimum Gasteiger partial charge on any atom is -0.486 e. The van der Waals surface area contributed by atoms with Crippen LogP contribution >= 0.6 is 11.3 Å². The van der Waals surface area contributed by atoms with E-state index >= 15 is 0 Å². The van der Waals surface area contributed by atoms with Gasteiger partial charge in [0, 0.05) is 7.05 Å². The first-order chi connectivity index (χ1) is 13.9. The number of carbonyl (C=O) groups is 2. The van der Waals surface area contributed by atoms with Gasteiger partial charge < -0.3 is 19.4 Å². The van der Waals surface area contributed by atoms with Gasteiger partial charge in [-0.25, -0.2) is 9.78 Å². The standard InChI is InChI=1S/C21H25N3O4S/c1-6-13-11-14-16(22-19(13)23-20(25)15-9-8-10-29-15)18(28-12(3)4)17(24(14)5)21(26)27-7-2/h8-12H,6-7H2,1-5H3,(H,22,23,25). The van der Waals surface area contributed by atoms with Crippen LogP contribution in [0.3, 0.4) is 0 Å². The predicted molar refractivity (Wildman–Crippen MR) is 114 cm³/mol. The van der Waals surface area contributed by atoms with E-state index in [0.717, 1.165) is 11.1 Å². The number of fused-ring (bicyclic) bond motifs is 1. The van der Waals surface area contributed by atoms with E-state index in [4.69, 9.17) is 14.5 Å². The third-order valence-electron chi connectivity index (χ3n) is 4.39. The first-order valence-electron chi connectivity index (χ1n) is 9.58. The number of hydrogen-bond acceptors (Lipinski definition) is 6. The molecule has 29 heavy (non-hydrogen) atoms. The van der Waals surface area contributed by atoms with E-state index in [1.54, 1.807) is 24.6 Å². The van der Waals surface area contributed by atoms with Crippen molar-refractivity contribution in [3.05, 3.63) is 39.7 Å². The Kier molecular flexibility index (Phi) is 6.22. The van der Waals surface area contributed by atoms with Crippen LogP contribution in [0.4, 0.5) is 5.82 Å². The first kappa shape index (κ1) is 20.9. The van der Waals surface area contributed by atoms with Crippen LogP contribution in [0.2, 0.25) is 0 Å². The number of nitrogens with zero attached hydrogens (tertiary/aromatic N) is 2. The van der Waals surface area contributed by atoms with E-state index in [2.05, 4.69) is 5.32 Å². The second-order valence-electron chi connectivity index (χ2n) is 6.77. The summed E-state index contributed by atoms with van der Waals surface area (Å²) in [5.74, 6) is 0.151. The number of amides is 1. The fourth-order valence-electron chi connectivity index (χ4n) is 3.08. The Morgan fingerprint density at radius 2 is 2.07 bits per heavy atom. The van der Waals surface area contributed by atoms with Crippen LogP contribution in [0.5, 0.6) is 5.75 Å². The second-order valence-corrected chi connectivity index (χ2v) is 7.72. The van der Waals surface area contributed by atoms with Crippen molar-refractivity contribution in [2.75, 3.05) is 11.9 Å². The molecule has 0 aliphatic rings. The predicted octanol–water partition coefficient (Wildman–Crippen LogP) is 4.41. The first-order valence-corrected chi connectivity index (χ1v) is 10.5. The number of aromatic nitrogens is 2. The maximum atomic E-state index is 12.6. The summed E-state index contributed by atoms with van der Waals surface area (Å²) in [6.45, 7) is 7.78. The third-order valence-corrected chi connectivity index (χ3v) is 5.26. The van der Waals surface area contributed by atoms with E-state index < -0.39 is 5.97 Å². The molecular formula is C21H25N3O4S. The lowest BCUT2D eigenvalue weighted by atomic mass is 10.2. The average molecular weight is 416 g/mol. The maximum absolute atomic E-state index is 12.6. The molecule has 3 heterocycles. The highest BCUT2D eigenvalue weighted by molar-refractivity contribution is 7.12. The van der Waals surface area contributed by atoms with Gasteiger partial charge in [-0.1, -0.05) is 13.0 Å². The molecule has 0 aliphatic heterocycles. The fraction of sp³-hybridized carbons (Fsp3) is 0.381. The van der Waals surface area contributed by atoms with Crippen LogP contribution in [0.15, 0.2) is 23.6 Å². The van der Waals surface area contributed by atoms with Crippen LogP contribution in [0.1, 0.15) is 53.4 Å². The molecule has 0 radical (unpaired) electrons.